The van der Waals surface area contributed by atoms with Gasteiger partial charge in [0.05, 0.1) is 11.8 Å². The van der Waals surface area contributed by atoms with E-state index in [2.05, 4.69) is 15.2 Å². The Morgan fingerprint density at radius 1 is 0.885 bits per heavy atom. The topological polar surface area (TPSA) is 77.8 Å². The Kier molecular flexibility index (Phi) is 3.61. The monoisotopic (exact) mass is 356 g/mol. The molecule has 0 aliphatic carbocycles. The highest BCUT2D eigenvalue weighted by atomic mass is 19.4. The third kappa shape index (κ3) is 2.75. The molecule has 0 unspecified atom stereocenters. The Hall–Kier alpha value is -3.42. The molecule has 8 heteroatoms. The van der Waals surface area contributed by atoms with Gasteiger partial charge >= 0.3 is 6.18 Å². The van der Waals surface area contributed by atoms with Crippen LogP contribution in [0.25, 0.3) is 33.5 Å². The first-order chi connectivity index (χ1) is 12.4. The SMILES string of the molecule is Nc1nnc(-c2cc(C(F)(F)F)c3occc3c2)c(-c2ccccc2)n1. The average Bonchev–Trinajstić information content (AvgIpc) is 3.09. The first-order valence-corrected chi connectivity index (χ1v) is 7.58. The van der Waals surface area contributed by atoms with Gasteiger partial charge in [-0.15, -0.1) is 10.2 Å². The van der Waals surface area contributed by atoms with Gasteiger partial charge in [-0.3, -0.25) is 0 Å². The number of nitrogens with zero attached hydrogens (tertiary/aromatic N) is 3. The molecule has 2 heterocycles. The molecule has 4 aromatic rings. The number of nitrogens with two attached hydrogens (primary N) is 1. The second-order valence-corrected chi connectivity index (χ2v) is 5.59. The number of rotatable bonds is 2. The number of hydrogen-bond donors (Lipinski definition) is 1. The molecule has 5 nitrogen and oxygen atoms in total. The summed E-state index contributed by atoms with van der Waals surface area (Å²) in [4.78, 5) is 4.18. The lowest BCUT2D eigenvalue weighted by atomic mass is 10.0. The summed E-state index contributed by atoms with van der Waals surface area (Å²) in [6.07, 6.45) is -3.36. The van der Waals surface area contributed by atoms with Crippen molar-refractivity contribution in [2.75, 3.05) is 5.73 Å². The molecule has 0 fully saturated rings. The highest BCUT2D eigenvalue weighted by Crippen LogP contribution is 2.39. The van der Waals surface area contributed by atoms with Gasteiger partial charge in [0.25, 0.3) is 0 Å². The molecule has 0 aliphatic rings. The summed E-state index contributed by atoms with van der Waals surface area (Å²) < 4.78 is 45.3. The van der Waals surface area contributed by atoms with Crippen LogP contribution in [-0.2, 0) is 6.18 Å². The number of hydrogen-bond acceptors (Lipinski definition) is 5. The summed E-state index contributed by atoms with van der Waals surface area (Å²) in [7, 11) is 0. The standard InChI is InChI=1S/C18H11F3N4O/c19-18(20,21)13-9-12(8-11-6-7-26-16(11)13)15-14(23-17(22)25-24-15)10-4-2-1-3-5-10/h1-9H,(H2,22,23,25). The lowest BCUT2D eigenvalue weighted by Gasteiger charge is -2.12. The fourth-order valence-corrected chi connectivity index (χ4v) is 2.76. The van der Waals surface area contributed by atoms with Gasteiger partial charge in [-0.25, -0.2) is 4.98 Å². The number of nitrogen functional groups attached to an aromatic ring is 1. The molecule has 0 amide bonds. The highest BCUT2D eigenvalue weighted by molar-refractivity contribution is 5.89. The van der Waals surface area contributed by atoms with E-state index in [9.17, 15) is 13.2 Å². The minimum absolute atomic E-state index is 0.0620. The van der Waals surface area contributed by atoms with Gasteiger partial charge in [0.2, 0.25) is 5.95 Å². The van der Waals surface area contributed by atoms with E-state index in [1.807, 2.05) is 6.07 Å². The van der Waals surface area contributed by atoms with Gasteiger partial charge in [0.1, 0.15) is 17.0 Å². The summed E-state index contributed by atoms with van der Waals surface area (Å²) in [5.74, 6) is -0.0620. The van der Waals surface area contributed by atoms with Crippen LogP contribution in [0.3, 0.4) is 0 Å². The van der Waals surface area contributed by atoms with Crippen molar-refractivity contribution in [1.82, 2.24) is 15.2 Å². The molecule has 26 heavy (non-hydrogen) atoms. The Morgan fingerprint density at radius 3 is 2.38 bits per heavy atom. The van der Waals surface area contributed by atoms with E-state index >= 15 is 0 Å². The van der Waals surface area contributed by atoms with Crippen molar-refractivity contribution >= 4 is 16.9 Å². The van der Waals surface area contributed by atoms with Crippen LogP contribution >= 0.6 is 0 Å². The zero-order valence-electron chi connectivity index (χ0n) is 13.2. The Labute approximate surface area is 145 Å². The van der Waals surface area contributed by atoms with Crippen molar-refractivity contribution in [3.8, 4) is 22.5 Å². The largest absolute Gasteiger partial charge is 0.464 e. The van der Waals surface area contributed by atoms with Crippen molar-refractivity contribution in [1.29, 1.82) is 0 Å². The Morgan fingerprint density at radius 2 is 1.65 bits per heavy atom. The van der Waals surface area contributed by atoms with Crippen molar-refractivity contribution in [2.24, 2.45) is 0 Å². The summed E-state index contributed by atoms with van der Waals surface area (Å²) in [6, 6.07) is 13.0. The molecule has 130 valence electrons. The summed E-state index contributed by atoms with van der Waals surface area (Å²) in [6.45, 7) is 0. The maximum atomic E-state index is 13.4. The average molecular weight is 356 g/mol. The molecule has 0 saturated carbocycles. The molecule has 0 spiro atoms. The summed E-state index contributed by atoms with van der Waals surface area (Å²) >= 11 is 0. The van der Waals surface area contributed by atoms with Crippen molar-refractivity contribution in [2.45, 2.75) is 6.18 Å². The quantitative estimate of drug-likeness (QED) is 0.570. The zero-order valence-corrected chi connectivity index (χ0v) is 13.2. The Balaban J connectivity index is 2.00. The predicted octanol–water partition coefficient (Wildman–Crippen LogP) is 4.55. The molecular formula is C18H11F3N4O. The molecule has 2 N–H and O–H groups in total. The van der Waals surface area contributed by atoms with Crippen LogP contribution in [0.15, 0.2) is 59.2 Å². The van der Waals surface area contributed by atoms with Gasteiger partial charge in [0.15, 0.2) is 0 Å². The minimum Gasteiger partial charge on any atom is -0.464 e. The second kappa shape index (κ2) is 5.83. The Bertz CT molecular complexity index is 1090. The number of alkyl halides is 3. The maximum absolute atomic E-state index is 13.4. The van der Waals surface area contributed by atoms with Crippen LogP contribution in [-0.4, -0.2) is 15.2 Å². The maximum Gasteiger partial charge on any atom is 0.420 e. The third-order valence-electron chi connectivity index (χ3n) is 3.88. The van der Waals surface area contributed by atoms with E-state index in [1.165, 1.54) is 12.3 Å². The zero-order chi connectivity index (χ0) is 18.3. The van der Waals surface area contributed by atoms with E-state index in [4.69, 9.17) is 10.2 Å². The molecule has 0 saturated heterocycles. The van der Waals surface area contributed by atoms with Gasteiger partial charge < -0.3 is 10.2 Å². The summed E-state index contributed by atoms with van der Waals surface area (Å²) in [5.41, 5.74) is 5.99. The number of halogens is 3. The van der Waals surface area contributed by atoms with Crippen molar-refractivity contribution in [3.63, 3.8) is 0 Å². The number of fused-ring (bicyclic) bond motifs is 1. The number of anilines is 1. The lowest BCUT2D eigenvalue weighted by Crippen LogP contribution is -2.07. The number of aromatic nitrogens is 3. The summed E-state index contributed by atoms with van der Waals surface area (Å²) in [5, 5.41) is 8.03. The molecule has 2 aromatic heterocycles. The molecule has 0 bridgehead atoms. The van der Waals surface area contributed by atoms with E-state index in [1.54, 1.807) is 30.3 Å². The fraction of sp³-hybridized carbons (Fsp3) is 0.0556. The predicted molar refractivity (Wildman–Crippen MR) is 89.9 cm³/mol. The smallest absolute Gasteiger partial charge is 0.420 e. The van der Waals surface area contributed by atoms with E-state index in [0.29, 0.717) is 16.6 Å². The third-order valence-corrected chi connectivity index (χ3v) is 3.88. The number of furan rings is 1. The molecule has 0 aliphatic heterocycles. The van der Waals surface area contributed by atoms with Gasteiger partial charge in [0, 0.05) is 16.5 Å². The van der Waals surface area contributed by atoms with E-state index in [0.717, 1.165) is 6.07 Å². The van der Waals surface area contributed by atoms with Gasteiger partial charge in [-0.1, -0.05) is 30.3 Å². The molecule has 4 rings (SSSR count). The number of benzene rings is 2. The van der Waals surface area contributed by atoms with Crippen LogP contribution in [0.1, 0.15) is 5.56 Å². The van der Waals surface area contributed by atoms with Crippen LogP contribution in [0.2, 0.25) is 0 Å². The lowest BCUT2D eigenvalue weighted by molar-refractivity contribution is -0.136. The molecule has 0 atom stereocenters. The van der Waals surface area contributed by atoms with Crippen LogP contribution in [0, 0.1) is 0 Å². The first kappa shape index (κ1) is 16.1. The molecule has 0 radical (unpaired) electrons. The van der Waals surface area contributed by atoms with Crippen LogP contribution in [0.4, 0.5) is 19.1 Å². The van der Waals surface area contributed by atoms with Gasteiger partial charge in [-0.05, 0) is 18.2 Å². The highest BCUT2D eigenvalue weighted by Gasteiger charge is 2.35. The molecular weight excluding hydrogens is 345 g/mol. The van der Waals surface area contributed by atoms with Crippen molar-refractivity contribution in [3.05, 3.63) is 60.4 Å². The normalized spacial score (nSPS) is 11.8. The van der Waals surface area contributed by atoms with Crippen LogP contribution in [0.5, 0.6) is 0 Å². The van der Waals surface area contributed by atoms with Crippen molar-refractivity contribution < 1.29 is 17.6 Å². The first-order valence-electron chi connectivity index (χ1n) is 7.58. The fourth-order valence-electron chi connectivity index (χ4n) is 2.76. The second-order valence-electron chi connectivity index (χ2n) is 5.59. The van der Waals surface area contributed by atoms with E-state index < -0.39 is 11.7 Å². The van der Waals surface area contributed by atoms with Crippen LogP contribution < -0.4 is 5.73 Å². The molecule has 2 aromatic carbocycles. The minimum atomic E-state index is -4.58. The van der Waals surface area contributed by atoms with Gasteiger partial charge in [-0.2, -0.15) is 13.2 Å². The van der Waals surface area contributed by atoms with E-state index in [-0.39, 0.29) is 22.8 Å².